The van der Waals surface area contributed by atoms with E-state index in [-0.39, 0.29) is 25.9 Å². The van der Waals surface area contributed by atoms with Gasteiger partial charge in [0.15, 0.2) is 0 Å². The average Bonchev–Trinajstić information content (AvgIpc) is 2.83. The smallest absolute Gasteiger partial charge is 0.326 e. The number of carboxylic acids is 2. The molecule has 7 N–H and O–H groups in total. The Hall–Kier alpha value is -2.20. The highest BCUT2D eigenvalue weighted by atomic mass is 16.4. The lowest BCUT2D eigenvalue weighted by molar-refractivity contribution is -0.144. The molecule has 2 amide bonds. The first-order valence-corrected chi connectivity index (χ1v) is 6.76. The van der Waals surface area contributed by atoms with Crippen LogP contribution >= 0.6 is 0 Å². The van der Waals surface area contributed by atoms with E-state index in [1.165, 1.54) is 4.90 Å². The Kier molecular flexibility index (Phi) is 6.25. The number of hydrogen-bond acceptors (Lipinski definition) is 6. The fourth-order valence-corrected chi connectivity index (χ4v) is 2.30. The lowest BCUT2D eigenvalue weighted by Gasteiger charge is -2.24. The number of amides is 2. The van der Waals surface area contributed by atoms with Crippen LogP contribution in [-0.2, 0) is 19.2 Å². The third-order valence-corrected chi connectivity index (χ3v) is 3.39. The molecule has 3 atom stereocenters. The number of nitrogens with one attached hydrogen (secondary N) is 1. The Morgan fingerprint density at radius 2 is 1.91 bits per heavy atom. The standard InChI is InChI=1S/C12H20N4O6/c13-4-9(17)16-5-6(14)3-8(16)11(20)15-7(12(21)22)1-2-10(18)19/h6-8H,1-5,13-14H2,(H,15,20)(H,18,19)(H,21,22). The summed E-state index contributed by atoms with van der Waals surface area (Å²) in [5.74, 6) is -3.63. The van der Waals surface area contributed by atoms with Gasteiger partial charge in [0.05, 0.1) is 6.54 Å². The molecule has 3 unspecified atom stereocenters. The van der Waals surface area contributed by atoms with E-state index in [2.05, 4.69) is 5.32 Å². The SMILES string of the molecule is NCC(=O)N1CC(N)CC1C(=O)NC(CCC(=O)O)C(=O)O. The van der Waals surface area contributed by atoms with Gasteiger partial charge >= 0.3 is 11.9 Å². The molecule has 124 valence electrons. The van der Waals surface area contributed by atoms with Crippen LogP contribution < -0.4 is 16.8 Å². The molecular weight excluding hydrogens is 296 g/mol. The van der Waals surface area contributed by atoms with Gasteiger partial charge in [0.25, 0.3) is 0 Å². The molecule has 1 saturated heterocycles. The summed E-state index contributed by atoms with van der Waals surface area (Å²) in [5.41, 5.74) is 11.0. The maximum absolute atomic E-state index is 12.2. The van der Waals surface area contributed by atoms with E-state index in [9.17, 15) is 19.2 Å². The maximum atomic E-state index is 12.2. The minimum Gasteiger partial charge on any atom is -0.481 e. The number of likely N-dealkylation sites (tertiary alicyclic amines) is 1. The van der Waals surface area contributed by atoms with Crippen molar-refractivity contribution >= 4 is 23.8 Å². The molecule has 1 aliphatic rings. The van der Waals surface area contributed by atoms with Crippen molar-refractivity contribution in [3.63, 3.8) is 0 Å². The Morgan fingerprint density at radius 3 is 2.41 bits per heavy atom. The Morgan fingerprint density at radius 1 is 1.27 bits per heavy atom. The van der Waals surface area contributed by atoms with Gasteiger partial charge in [-0.15, -0.1) is 0 Å². The van der Waals surface area contributed by atoms with Gasteiger partial charge in [0.1, 0.15) is 12.1 Å². The van der Waals surface area contributed by atoms with E-state index >= 15 is 0 Å². The van der Waals surface area contributed by atoms with E-state index in [1.54, 1.807) is 0 Å². The highest BCUT2D eigenvalue weighted by Gasteiger charge is 2.38. The Labute approximate surface area is 126 Å². The van der Waals surface area contributed by atoms with Crippen LogP contribution in [0.5, 0.6) is 0 Å². The second-order valence-electron chi connectivity index (χ2n) is 5.09. The highest BCUT2D eigenvalue weighted by Crippen LogP contribution is 2.17. The largest absolute Gasteiger partial charge is 0.481 e. The third-order valence-electron chi connectivity index (χ3n) is 3.39. The van der Waals surface area contributed by atoms with Crippen LogP contribution in [0.3, 0.4) is 0 Å². The molecule has 1 rings (SSSR count). The van der Waals surface area contributed by atoms with Crippen LogP contribution in [0.25, 0.3) is 0 Å². The molecule has 0 aromatic carbocycles. The van der Waals surface area contributed by atoms with Crippen molar-refractivity contribution in [3.05, 3.63) is 0 Å². The number of nitrogens with two attached hydrogens (primary N) is 2. The quantitative estimate of drug-likeness (QED) is 0.337. The zero-order valence-corrected chi connectivity index (χ0v) is 11.9. The van der Waals surface area contributed by atoms with Gasteiger partial charge < -0.3 is 31.9 Å². The summed E-state index contributed by atoms with van der Waals surface area (Å²) in [6, 6.07) is -2.62. The normalized spacial score (nSPS) is 22.2. The fourth-order valence-electron chi connectivity index (χ4n) is 2.30. The zero-order valence-electron chi connectivity index (χ0n) is 11.9. The minimum atomic E-state index is -1.34. The predicted octanol–water partition coefficient (Wildman–Crippen LogP) is -2.69. The lowest BCUT2D eigenvalue weighted by Crippen LogP contribution is -2.51. The summed E-state index contributed by atoms with van der Waals surface area (Å²) >= 11 is 0. The molecule has 1 aliphatic heterocycles. The van der Waals surface area contributed by atoms with E-state index in [0.717, 1.165) is 0 Å². The van der Waals surface area contributed by atoms with E-state index in [0.29, 0.717) is 0 Å². The van der Waals surface area contributed by atoms with Gasteiger partial charge in [-0.25, -0.2) is 4.79 Å². The molecule has 10 nitrogen and oxygen atoms in total. The van der Waals surface area contributed by atoms with Crippen LogP contribution in [0.15, 0.2) is 0 Å². The van der Waals surface area contributed by atoms with Gasteiger partial charge in [-0.05, 0) is 12.8 Å². The van der Waals surface area contributed by atoms with Crippen molar-refractivity contribution in [2.75, 3.05) is 13.1 Å². The topological polar surface area (TPSA) is 176 Å². The van der Waals surface area contributed by atoms with Crippen molar-refractivity contribution in [1.29, 1.82) is 0 Å². The number of nitrogens with zero attached hydrogens (tertiary/aromatic N) is 1. The first-order chi connectivity index (χ1) is 10.3. The third kappa shape index (κ3) is 4.67. The predicted molar refractivity (Wildman–Crippen MR) is 73.6 cm³/mol. The van der Waals surface area contributed by atoms with Crippen molar-refractivity contribution in [3.8, 4) is 0 Å². The first-order valence-electron chi connectivity index (χ1n) is 6.76. The van der Waals surface area contributed by atoms with Crippen LogP contribution in [0.4, 0.5) is 0 Å². The van der Waals surface area contributed by atoms with E-state index in [4.69, 9.17) is 21.7 Å². The van der Waals surface area contributed by atoms with Crippen LogP contribution in [0.2, 0.25) is 0 Å². The molecule has 0 bridgehead atoms. The molecule has 1 heterocycles. The van der Waals surface area contributed by atoms with Gasteiger partial charge in [-0.3, -0.25) is 14.4 Å². The van der Waals surface area contributed by atoms with E-state index in [1.807, 2.05) is 0 Å². The number of hydrogen-bond donors (Lipinski definition) is 5. The fraction of sp³-hybridized carbons (Fsp3) is 0.667. The molecule has 10 heteroatoms. The number of carboxylic acid groups (broad SMARTS) is 2. The Bertz CT molecular complexity index is 469. The Balaban J connectivity index is 2.73. The highest BCUT2D eigenvalue weighted by molar-refractivity contribution is 5.91. The molecule has 0 radical (unpaired) electrons. The van der Waals surface area contributed by atoms with Gasteiger partial charge in [-0.1, -0.05) is 0 Å². The second-order valence-corrected chi connectivity index (χ2v) is 5.09. The van der Waals surface area contributed by atoms with Gasteiger partial charge in [-0.2, -0.15) is 0 Å². The van der Waals surface area contributed by atoms with Crippen molar-refractivity contribution in [1.82, 2.24) is 10.2 Å². The maximum Gasteiger partial charge on any atom is 0.326 e. The number of carbonyl (C=O) groups excluding carboxylic acids is 2. The summed E-state index contributed by atoms with van der Waals surface area (Å²) in [7, 11) is 0. The summed E-state index contributed by atoms with van der Waals surface area (Å²) in [5, 5.41) is 19.9. The van der Waals surface area contributed by atoms with Crippen LogP contribution in [0, 0.1) is 0 Å². The lowest BCUT2D eigenvalue weighted by atomic mass is 10.1. The second kappa shape index (κ2) is 7.71. The summed E-state index contributed by atoms with van der Waals surface area (Å²) in [6.45, 7) is -0.112. The molecular formula is C12H20N4O6. The van der Waals surface area contributed by atoms with Crippen molar-refractivity contribution in [2.24, 2.45) is 11.5 Å². The average molecular weight is 316 g/mol. The number of rotatable bonds is 7. The molecule has 22 heavy (non-hydrogen) atoms. The summed E-state index contributed by atoms with van der Waals surface area (Å²) in [6.07, 6.45) is -0.449. The van der Waals surface area contributed by atoms with Crippen molar-refractivity contribution < 1.29 is 29.4 Å². The van der Waals surface area contributed by atoms with E-state index < -0.39 is 48.3 Å². The molecule has 1 fully saturated rings. The van der Waals surface area contributed by atoms with Crippen LogP contribution in [0.1, 0.15) is 19.3 Å². The first kappa shape index (κ1) is 17.9. The molecule has 0 spiro atoms. The number of aliphatic carboxylic acids is 2. The molecule has 0 saturated carbocycles. The summed E-state index contributed by atoms with van der Waals surface area (Å²) < 4.78 is 0. The molecule has 0 aromatic heterocycles. The van der Waals surface area contributed by atoms with Crippen LogP contribution in [-0.4, -0.2) is 70.1 Å². The molecule has 0 aromatic rings. The van der Waals surface area contributed by atoms with Crippen molar-refractivity contribution in [2.45, 2.75) is 37.4 Å². The molecule has 0 aliphatic carbocycles. The summed E-state index contributed by atoms with van der Waals surface area (Å²) in [4.78, 5) is 46.6. The monoisotopic (exact) mass is 316 g/mol. The van der Waals surface area contributed by atoms with Gasteiger partial charge in [0, 0.05) is 19.0 Å². The minimum absolute atomic E-state index is 0.168. The number of carbonyl (C=O) groups is 4. The van der Waals surface area contributed by atoms with Gasteiger partial charge in [0.2, 0.25) is 11.8 Å². The zero-order chi connectivity index (χ0) is 16.9.